The Balaban J connectivity index is 1.51. The monoisotopic (exact) mass is 480 g/mol. The van der Waals surface area contributed by atoms with Gasteiger partial charge in [0.1, 0.15) is 0 Å². The largest absolute Gasteiger partial charge is 0.291 e. The molecule has 168 valence electrons. The topological polar surface area (TPSA) is 69.4 Å². The normalized spacial score (nSPS) is 11.9. The van der Waals surface area contributed by atoms with Gasteiger partial charge in [-0.1, -0.05) is 48.5 Å². The van der Waals surface area contributed by atoms with Crippen LogP contribution in [-0.2, 0) is 0 Å². The van der Waals surface area contributed by atoms with E-state index in [4.69, 9.17) is 9.97 Å². The van der Waals surface area contributed by atoms with Gasteiger partial charge in [0.05, 0.1) is 22.7 Å². The maximum atomic E-state index is 4.97. The van der Waals surface area contributed by atoms with Gasteiger partial charge >= 0.3 is 0 Å². The summed E-state index contributed by atoms with van der Waals surface area (Å²) in [6.45, 7) is 0. The minimum absolute atomic E-state index is 0.514. The predicted octanol–water partition coefficient (Wildman–Crippen LogP) is 6.95. The molecule has 0 saturated heterocycles. The van der Waals surface area contributed by atoms with Crippen molar-refractivity contribution in [3.8, 4) is 16.9 Å². The molecule has 0 saturated carbocycles. The van der Waals surface area contributed by atoms with Crippen LogP contribution in [0.1, 0.15) is 0 Å². The number of rotatable bonds is 2. The van der Waals surface area contributed by atoms with Crippen molar-refractivity contribution in [2.45, 2.75) is 0 Å². The van der Waals surface area contributed by atoms with Crippen molar-refractivity contribution in [2.24, 2.45) is 0 Å². The van der Waals surface area contributed by atoms with Gasteiger partial charge in [-0.25, -0.2) is 19.9 Å². The highest BCUT2D eigenvalue weighted by Crippen LogP contribution is 2.40. The van der Waals surface area contributed by atoms with Crippen LogP contribution in [0, 0.1) is 0 Å². The van der Waals surface area contributed by atoms with Crippen LogP contribution in [0.25, 0.3) is 70.3 Å². The molecule has 0 fully saturated rings. The third-order valence-electron chi connectivity index (χ3n) is 6.62. The second kappa shape index (κ2) is 7.37. The molecule has 0 unspecified atom stereocenters. The third-order valence-corrected chi connectivity index (χ3v) is 7.75. The molecule has 5 aromatic heterocycles. The Morgan fingerprint density at radius 1 is 0.583 bits per heavy atom. The van der Waals surface area contributed by atoms with E-state index < -0.39 is 0 Å². The quantitative estimate of drug-likeness (QED) is 0.268. The van der Waals surface area contributed by atoms with Gasteiger partial charge in [0.25, 0.3) is 0 Å². The maximum absolute atomic E-state index is 4.97. The van der Waals surface area contributed by atoms with E-state index in [2.05, 4.69) is 74.1 Å². The molecule has 0 aliphatic rings. The molecule has 0 aliphatic heterocycles. The average Bonchev–Trinajstić information content (AvgIpc) is 3.46. The number of fused-ring (bicyclic) bond motifs is 7. The van der Waals surface area contributed by atoms with Crippen molar-refractivity contribution in [1.82, 2.24) is 29.5 Å². The molecule has 0 bridgehead atoms. The number of aromatic nitrogens is 6. The number of nitrogens with zero attached hydrogens (tertiary/aromatic N) is 6. The first-order chi connectivity index (χ1) is 17.8. The van der Waals surface area contributed by atoms with Crippen molar-refractivity contribution >= 4 is 64.7 Å². The highest BCUT2D eigenvalue weighted by atomic mass is 32.1. The molecule has 8 aromatic rings. The Morgan fingerprint density at radius 2 is 1.42 bits per heavy atom. The maximum Gasteiger partial charge on any atom is 0.199 e. The Morgan fingerprint density at radius 3 is 2.33 bits per heavy atom. The molecule has 8 rings (SSSR count). The number of hydrogen-bond acceptors (Lipinski definition) is 6. The van der Waals surface area contributed by atoms with E-state index in [1.54, 1.807) is 29.9 Å². The highest BCUT2D eigenvalue weighted by molar-refractivity contribution is 7.25. The van der Waals surface area contributed by atoms with Gasteiger partial charge in [0.15, 0.2) is 17.1 Å². The summed E-state index contributed by atoms with van der Waals surface area (Å²) in [4.78, 5) is 23.1. The fraction of sp³-hybridized carbons (Fsp3) is 0. The molecule has 6 nitrogen and oxygen atoms in total. The fourth-order valence-corrected chi connectivity index (χ4v) is 6.11. The van der Waals surface area contributed by atoms with Gasteiger partial charge in [0.2, 0.25) is 0 Å². The van der Waals surface area contributed by atoms with E-state index in [0.29, 0.717) is 17.1 Å². The summed E-state index contributed by atoms with van der Waals surface area (Å²) < 4.78 is 4.65. The number of hydrogen-bond donors (Lipinski definition) is 0. The molecule has 0 radical (unpaired) electrons. The minimum atomic E-state index is 0.514. The average molecular weight is 481 g/mol. The van der Waals surface area contributed by atoms with E-state index in [1.807, 2.05) is 24.4 Å². The molecular formula is C29H16N6S. The second-order valence-corrected chi connectivity index (χ2v) is 9.77. The fourth-order valence-electron chi connectivity index (χ4n) is 4.99. The molecule has 0 aliphatic carbocycles. The molecule has 7 heteroatoms. The Labute approximate surface area is 208 Å². The summed E-state index contributed by atoms with van der Waals surface area (Å²) >= 11 is 1.80. The number of pyridine rings is 1. The van der Waals surface area contributed by atoms with Crippen molar-refractivity contribution < 1.29 is 0 Å². The van der Waals surface area contributed by atoms with E-state index in [0.717, 1.165) is 33.1 Å². The zero-order valence-corrected chi connectivity index (χ0v) is 19.6. The SMILES string of the molecule is c1ccc(-c2cnc3c4cc5c(cc4n(-c4cnc6nccnc6n4)c3c2)sc2ccccc25)cc1. The molecule has 0 amide bonds. The van der Waals surface area contributed by atoms with E-state index in [1.165, 1.54) is 20.2 Å². The van der Waals surface area contributed by atoms with Crippen molar-refractivity contribution in [2.75, 3.05) is 0 Å². The molecule has 36 heavy (non-hydrogen) atoms. The number of thiophene rings is 1. The molecular weight excluding hydrogens is 464 g/mol. The Kier molecular flexibility index (Phi) is 4.00. The van der Waals surface area contributed by atoms with Gasteiger partial charge in [-0.05, 0) is 29.8 Å². The lowest BCUT2D eigenvalue weighted by atomic mass is 10.1. The van der Waals surface area contributed by atoms with Crippen molar-refractivity contribution in [1.29, 1.82) is 0 Å². The summed E-state index contributed by atoms with van der Waals surface area (Å²) in [6, 6.07) is 25.6. The third kappa shape index (κ3) is 2.80. The van der Waals surface area contributed by atoms with Crippen LogP contribution >= 0.6 is 11.3 Å². The summed E-state index contributed by atoms with van der Waals surface area (Å²) in [5.74, 6) is 0.690. The molecule has 5 heterocycles. The minimum Gasteiger partial charge on any atom is -0.291 e. The first kappa shape index (κ1) is 19.5. The molecule has 3 aromatic carbocycles. The van der Waals surface area contributed by atoms with E-state index >= 15 is 0 Å². The molecule has 0 spiro atoms. The zero-order valence-electron chi connectivity index (χ0n) is 18.8. The standard InChI is InChI=1S/C29H16N6S/c1-2-6-17(7-3-1)18-12-23-27(32-15-18)21-13-20-19-8-4-5-9-24(19)36-25(20)14-22(21)35(23)26-16-33-28-29(34-26)31-11-10-30-28/h1-16H. The lowest BCUT2D eigenvalue weighted by Gasteiger charge is -2.08. The van der Waals surface area contributed by atoms with Gasteiger partial charge < -0.3 is 0 Å². The van der Waals surface area contributed by atoms with Crippen molar-refractivity contribution in [3.05, 3.63) is 97.6 Å². The van der Waals surface area contributed by atoms with Gasteiger partial charge in [-0.2, -0.15) is 0 Å². The molecule has 0 atom stereocenters. The van der Waals surface area contributed by atoms with Gasteiger partial charge in [0, 0.05) is 49.7 Å². The van der Waals surface area contributed by atoms with Crippen LogP contribution < -0.4 is 0 Å². The van der Waals surface area contributed by atoms with E-state index in [9.17, 15) is 0 Å². The predicted molar refractivity (Wildman–Crippen MR) is 146 cm³/mol. The lowest BCUT2D eigenvalue weighted by molar-refractivity contribution is 1.05. The Bertz CT molecular complexity index is 2110. The summed E-state index contributed by atoms with van der Waals surface area (Å²) in [6.07, 6.45) is 6.99. The Hall–Kier alpha value is -4.75. The zero-order chi connectivity index (χ0) is 23.6. The lowest BCUT2D eigenvalue weighted by Crippen LogP contribution is -2.01. The van der Waals surface area contributed by atoms with Gasteiger partial charge in [-0.15, -0.1) is 11.3 Å². The highest BCUT2D eigenvalue weighted by Gasteiger charge is 2.18. The summed E-state index contributed by atoms with van der Waals surface area (Å²) in [7, 11) is 0. The van der Waals surface area contributed by atoms with Crippen molar-refractivity contribution in [3.63, 3.8) is 0 Å². The van der Waals surface area contributed by atoms with E-state index in [-0.39, 0.29) is 0 Å². The smallest absolute Gasteiger partial charge is 0.199 e. The first-order valence-electron chi connectivity index (χ1n) is 11.6. The van der Waals surface area contributed by atoms with Crippen LogP contribution in [0.15, 0.2) is 97.6 Å². The van der Waals surface area contributed by atoms with Crippen LogP contribution in [0.3, 0.4) is 0 Å². The summed E-state index contributed by atoms with van der Waals surface area (Å²) in [5.41, 5.74) is 6.16. The first-order valence-corrected chi connectivity index (χ1v) is 12.4. The summed E-state index contributed by atoms with van der Waals surface area (Å²) in [5, 5.41) is 3.59. The second-order valence-electron chi connectivity index (χ2n) is 8.69. The van der Waals surface area contributed by atoms with Crippen LogP contribution in [0.4, 0.5) is 0 Å². The van der Waals surface area contributed by atoms with Crippen LogP contribution in [-0.4, -0.2) is 29.5 Å². The molecule has 0 N–H and O–H groups in total. The van der Waals surface area contributed by atoms with Crippen LogP contribution in [0.2, 0.25) is 0 Å². The van der Waals surface area contributed by atoms with Gasteiger partial charge in [-0.3, -0.25) is 9.55 Å². The number of benzene rings is 3. The van der Waals surface area contributed by atoms with Crippen LogP contribution in [0.5, 0.6) is 0 Å².